The summed E-state index contributed by atoms with van der Waals surface area (Å²) in [6.07, 6.45) is 1.45. The summed E-state index contributed by atoms with van der Waals surface area (Å²) in [7, 11) is 0. The number of aromatic amines is 1. The summed E-state index contributed by atoms with van der Waals surface area (Å²) in [5.74, 6) is 0.382. The monoisotopic (exact) mass is 301 g/mol. The molecule has 0 unspecified atom stereocenters. The molecule has 1 aliphatic rings. The summed E-state index contributed by atoms with van der Waals surface area (Å²) in [6.45, 7) is 2.83. The van der Waals surface area contributed by atoms with Crippen molar-refractivity contribution < 1.29 is 5.11 Å². The Hall–Kier alpha value is -2.52. The van der Waals surface area contributed by atoms with Gasteiger partial charge in [0, 0.05) is 25.7 Å². The van der Waals surface area contributed by atoms with Gasteiger partial charge in [-0.25, -0.2) is 9.97 Å². The summed E-state index contributed by atoms with van der Waals surface area (Å²) in [4.78, 5) is 22.5. The molecule has 0 radical (unpaired) electrons. The predicted molar refractivity (Wildman–Crippen MR) is 75.9 cm³/mol. The van der Waals surface area contributed by atoms with Gasteiger partial charge in [-0.2, -0.15) is 9.61 Å². The Morgan fingerprint density at radius 3 is 3.05 bits per heavy atom. The predicted octanol–water partition coefficient (Wildman–Crippen LogP) is -0.878. The molecule has 3 aromatic heterocycles. The van der Waals surface area contributed by atoms with Gasteiger partial charge in [-0.15, -0.1) is 0 Å². The first-order valence-corrected chi connectivity index (χ1v) is 7.04. The number of aliphatic hydroxyl groups is 1. The van der Waals surface area contributed by atoms with Gasteiger partial charge in [0.15, 0.2) is 0 Å². The fourth-order valence-corrected chi connectivity index (χ4v) is 2.77. The van der Waals surface area contributed by atoms with Crippen LogP contribution in [0.1, 0.15) is 17.1 Å². The van der Waals surface area contributed by atoms with E-state index in [9.17, 15) is 4.79 Å². The van der Waals surface area contributed by atoms with Gasteiger partial charge in [-0.1, -0.05) is 0 Å². The Bertz CT molecular complexity index is 878. The van der Waals surface area contributed by atoms with E-state index in [4.69, 9.17) is 5.11 Å². The zero-order valence-electron chi connectivity index (χ0n) is 11.8. The van der Waals surface area contributed by atoms with Gasteiger partial charge in [0.05, 0.1) is 30.2 Å². The Kier molecular flexibility index (Phi) is 3.01. The molecule has 0 saturated carbocycles. The van der Waals surface area contributed by atoms with Crippen molar-refractivity contribution >= 4 is 5.78 Å². The lowest BCUT2D eigenvalue weighted by molar-refractivity contribution is 0.202. The van der Waals surface area contributed by atoms with Crippen LogP contribution >= 0.6 is 0 Å². The lowest BCUT2D eigenvalue weighted by Crippen LogP contribution is -2.34. The maximum atomic E-state index is 11.9. The number of hydrogen-bond donors (Lipinski definition) is 2. The molecule has 9 nitrogen and oxygen atoms in total. The maximum absolute atomic E-state index is 11.9. The highest BCUT2D eigenvalue weighted by atomic mass is 16.3. The topological polar surface area (TPSA) is 104 Å². The molecule has 114 valence electrons. The van der Waals surface area contributed by atoms with Crippen molar-refractivity contribution in [1.29, 1.82) is 0 Å². The van der Waals surface area contributed by atoms with Crippen molar-refractivity contribution in [2.45, 2.75) is 26.2 Å². The van der Waals surface area contributed by atoms with Crippen LogP contribution in [0.25, 0.3) is 5.78 Å². The number of hydrogen-bond acceptors (Lipinski definition) is 6. The van der Waals surface area contributed by atoms with Gasteiger partial charge in [-0.3, -0.25) is 19.5 Å². The molecule has 4 rings (SSSR count). The Balaban J connectivity index is 1.57. The zero-order chi connectivity index (χ0) is 15.1. The number of fused-ring (bicyclic) bond motifs is 2. The number of aliphatic hydroxyl groups excluding tert-OH is 1. The number of nitrogens with one attached hydrogen (secondary N) is 1. The average molecular weight is 301 g/mol. The molecule has 0 saturated heterocycles. The largest absolute Gasteiger partial charge is 0.390 e. The zero-order valence-corrected chi connectivity index (χ0v) is 11.8. The van der Waals surface area contributed by atoms with E-state index in [0.29, 0.717) is 30.3 Å². The molecular formula is C13H15N7O2. The van der Waals surface area contributed by atoms with Gasteiger partial charge < -0.3 is 5.11 Å². The summed E-state index contributed by atoms with van der Waals surface area (Å²) in [5, 5.41) is 16.2. The van der Waals surface area contributed by atoms with Crippen LogP contribution in [0, 0.1) is 0 Å². The van der Waals surface area contributed by atoms with E-state index in [1.165, 1.54) is 16.9 Å². The Labute approximate surface area is 124 Å². The van der Waals surface area contributed by atoms with Crippen molar-refractivity contribution in [3.05, 3.63) is 45.9 Å². The second-order valence-electron chi connectivity index (χ2n) is 5.33. The number of aromatic nitrogens is 6. The molecule has 0 fully saturated rings. The van der Waals surface area contributed by atoms with Crippen LogP contribution in [0.15, 0.2) is 23.3 Å². The van der Waals surface area contributed by atoms with Crippen molar-refractivity contribution in [3.63, 3.8) is 0 Å². The third-order valence-corrected chi connectivity index (χ3v) is 3.80. The van der Waals surface area contributed by atoms with Crippen LogP contribution in [0.5, 0.6) is 0 Å². The fourth-order valence-electron chi connectivity index (χ4n) is 2.77. The van der Waals surface area contributed by atoms with E-state index in [0.717, 1.165) is 18.8 Å². The third-order valence-electron chi connectivity index (χ3n) is 3.80. The van der Waals surface area contributed by atoms with E-state index in [2.05, 4.69) is 25.1 Å². The van der Waals surface area contributed by atoms with E-state index in [-0.39, 0.29) is 12.2 Å². The van der Waals surface area contributed by atoms with E-state index in [1.807, 2.05) is 10.7 Å². The Morgan fingerprint density at radius 1 is 1.27 bits per heavy atom. The molecule has 9 heteroatoms. The number of nitrogens with zero attached hydrogens (tertiary/aromatic N) is 6. The summed E-state index contributed by atoms with van der Waals surface area (Å²) < 4.78 is 3.23. The molecular weight excluding hydrogens is 286 g/mol. The first-order chi connectivity index (χ1) is 10.7. The van der Waals surface area contributed by atoms with Gasteiger partial charge in [0.2, 0.25) is 0 Å². The first kappa shape index (κ1) is 13.2. The fraction of sp³-hybridized carbons (Fsp3) is 0.385. The van der Waals surface area contributed by atoms with Crippen LogP contribution in [0.3, 0.4) is 0 Å². The Morgan fingerprint density at radius 2 is 2.18 bits per heavy atom. The normalized spacial score (nSPS) is 15.3. The number of rotatable bonds is 3. The smallest absolute Gasteiger partial charge is 0.274 e. The van der Waals surface area contributed by atoms with Crippen molar-refractivity contribution in [3.8, 4) is 0 Å². The molecule has 0 bridgehead atoms. The van der Waals surface area contributed by atoms with Crippen LogP contribution in [0.2, 0.25) is 0 Å². The van der Waals surface area contributed by atoms with Crippen LogP contribution in [-0.4, -0.2) is 45.9 Å². The van der Waals surface area contributed by atoms with Crippen molar-refractivity contribution in [2.24, 2.45) is 0 Å². The molecule has 0 aliphatic carbocycles. The second kappa shape index (κ2) is 5.04. The van der Waals surface area contributed by atoms with Gasteiger partial charge in [-0.05, 0) is 6.07 Å². The highest BCUT2D eigenvalue weighted by Crippen LogP contribution is 2.15. The molecule has 0 amide bonds. The molecule has 4 heterocycles. The van der Waals surface area contributed by atoms with E-state index in [1.54, 1.807) is 0 Å². The molecule has 3 aromatic rings. The minimum Gasteiger partial charge on any atom is -0.390 e. The molecule has 0 aromatic carbocycles. The highest BCUT2D eigenvalue weighted by Gasteiger charge is 2.19. The molecule has 22 heavy (non-hydrogen) atoms. The molecule has 2 N–H and O–H groups in total. The molecule has 0 atom stereocenters. The van der Waals surface area contributed by atoms with Gasteiger partial charge >= 0.3 is 0 Å². The van der Waals surface area contributed by atoms with Crippen LogP contribution < -0.4 is 5.56 Å². The maximum Gasteiger partial charge on any atom is 0.274 e. The van der Waals surface area contributed by atoms with E-state index < -0.39 is 0 Å². The summed E-state index contributed by atoms with van der Waals surface area (Å²) in [6, 6.07) is 3.43. The quantitative estimate of drug-likeness (QED) is 0.651. The number of H-pyrrole nitrogens is 1. The lowest BCUT2D eigenvalue weighted by atomic mass is 10.2. The lowest BCUT2D eigenvalue weighted by Gasteiger charge is -2.26. The van der Waals surface area contributed by atoms with Gasteiger partial charge in [0.1, 0.15) is 6.33 Å². The SMILES string of the molecule is O=c1cc(CN2CCn3nc(CO)cc3C2)nc2nc[nH]n12. The average Bonchev–Trinajstić information content (AvgIpc) is 3.12. The van der Waals surface area contributed by atoms with E-state index >= 15 is 0 Å². The summed E-state index contributed by atoms with van der Waals surface area (Å²) in [5.41, 5.74) is 2.29. The standard InChI is InChI=1S/C13H15N7O2/c21-7-10-3-11-6-18(1-2-19(11)17-10)5-9-4-12(22)20-13(16-9)14-8-15-20/h3-4,8,21H,1-2,5-7H2,(H,14,15,16). The molecule has 1 aliphatic heterocycles. The van der Waals surface area contributed by atoms with Crippen molar-refractivity contribution in [2.75, 3.05) is 6.54 Å². The first-order valence-electron chi connectivity index (χ1n) is 7.04. The minimum atomic E-state index is -0.165. The highest BCUT2D eigenvalue weighted by molar-refractivity contribution is 5.26. The molecule has 0 spiro atoms. The van der Waals surface area contributed by atoms with Crippen LogP contribution in [0.4, 0.5) is 0 Å². The van der Waals surface area contributed by atoms with Gasteiger partial charge in [0.25, 0.3) is 11.3 Å². The minimum absolute atomic E-state index is 0.0475. The third kappa shape index (κ3) is 2.20. The van der Waals surface area contributed by atoms with Crippen molar-refractivity contribution in [1.82, 2.24) is 34.3 Å². The summed E-state index contributed by atoms with van der Waals surface area (Å²) >= 11 is 0. The second-order valence-corrected chi connectivity index (χ2v) is 5.33. The van der Waals surface area contributed by atoms with Crippen LogP contribution in [-0.2, 0) is 26.2 Å².